The molecule has 0 heterocycles. The van der Waals surface area contributed by atoms with Gasteiger partial charge in [-0.3, -0.25) is 0 Å². The van der Waals surface area contributed by atoms with Crippen molar-refractivity contribution in [2.24, 2.45) is 11.8 Å². The molecule has 5 heteroatoms. The zero-order valence-electron chi connectivity index (χ0n) is 12.3. The summed E-state index contributed by atoms with van der Waals surface area (Å²) in [5, 5.41) is 0. The van der Waals surface area contributed by atoms with E-state index in [1.54, 1.807) is 31.4 Å². The molecule has 4 nitrogen and oxygen atoms in total. The lowest BCUT2D eigenvalue weighted by Crippen LogP contribution is -2.43. The Labute approximate surface area is 121 Å². The van der Waals surface area contributed by atoms with Crippen LogP contribution < -0.4 is 9.46 Å². The summed E-state index contributed by atoms with van der Waals surface area (Å²) < 4.78 is 32.7. The van der Waals surface area contributed by atoms with Gasteiger partial charge in [0.25, 0.3) is 0 Å². The fourth-order valence-corrected chi connectivity index (χ4v) is 4.13. The standard InChI is InChI=1S/C15H23NO3S/c1-11-5-4-6-15(12(11)2)16-20(17,18)14-9-7-13(19-3)8-10-14/h7-12,15-16H,4-6H2,1-3H3/t11-,12-,15-/m0/s1. The van der Waals surface area contributed by atoms with Gasteiger partial charge in [0.05, 0.1) is 12.0 Å². The highest BCUT2D eigenvalue weighted by atomic mass is 32.2. The molecule has 0 saturated heterocycles. The minimum atomic E-state index is -3.45. The Bertz CT molecular complexity index is 539. The Morgan fingerprint density at radius 3 is 2.40 bits per heavy atom. The summed E-state index contributed by atoms with van der Waals surface area (Å²) in [6.07, 6.45) is 3.18. The van der Waals surface area contributed by atoms with E-state index in [1.807, 2.05) is 0 Å². The fraction of sp³-hybridized carbons (Fsp3) is 0.600. The van der Waals surface area contributed by atoms with E-state index in [-0.39, 0.29) is 6.04 Å². The summed E-state index contributed by atoms with van der Waals surface area (Å²) in [6, 6.07) is 6.53. The number of rotatable bonds is 4. The third-order valence-electron chi connectivity index (χ3n) is 4.38. The van der Waals surface area contributed by atoms with Gasteiger partial charge in [0.1, 0.15) is 5.75 Å². The number of nitrogens with one attached hydrogen (secondary N) is 1. The van der Waals surface area contributed by atoms with E-state index in [0.29, 0.717) is 22.5 Å². The van der Waals surface area contributed by atoms with Crippen molar-refractivity contribution in [2.75, 3.05) is 7.11 Å². The van der Waals surface area contributed by atoms with Crippen LogP contribution in [0.1, 0.15) is 33.1 Å². The Morgan fingerprint density at radius 2 is 1.80 bits per heavy atom. The summed E-state index contributed by atoms with van der Waals surface area (Å²) in [4.78, 5) is 0.295. The number of sulfonamides is 1. The van der Waals surface area contributed by atoms with E-state index in [0.717, 1.165) is 12.8 Å². The maximum absolute atomic E-state index is 12.4. The molecule has 2 rings (SSSR count). The maximum Gasteiger partial charge on any atom is 0.240 e. The summed E-state index contributed by atoms with van der Waals surface area (Å²) in [7, 11) is -1.88. The fourth-order valence-electron chi connectivity index (χ4n) is 2.77. The zero-order chi connectivity index (χ0) is 14.8. The molecule has 0 unspecified atom stereocenters. The first-order chi connectivity index (χ1) is 9.44. The van der Waals surface area contributed by atoms with E-state index >= 15 is 0 Å². The molecule has 20 heavy (non-hydrogen) atoms. The van der Waals surface area contributed by atoms with Crippen LogP contribution in [-0.2, 0) is 10.0 Å². The second-order valence-corrected chi connectivity index (χ2v) is 7.38. The first-order valence-corrected chi connectivity index (χ1v) is 8.59. The summed E-state index contributed by atoms with van der Waals surface area (Å²) in [6.45, 7) is 4.32. The van der Waals surface area contributed by atoms with E-state index < -0.39 is 10.0 Å². The molecule has 0 radical (unpaired) electrons. The molecule has 0 amide bonds. The summed E-state index contributed by atoms with van der Waals surface area (Å²) in [5.41, 5.74) is 0. The highest BCUT2D eigenvalue weighted by molar-refractivity contribution is 7.89. The minimum Gasteiger partial charge on any atom is -0.497 e. The molecule has 1 aromatic carbocycles. The van der Waals surface area contributed by atoms with Crippen LogP contribution in [0.25, 0.3) is 0 Å². The monoisotopic (exact) mass is 297 g/mol. The van der Waals surface area contributed by atoms with Crippen LogP contribution in [0.2, 0.25) is 0 Å². The second kappa shape index (κ2) is 6.14. The molecule has 0 spiro atoms. The molecule has 0 aliphatic heterocycles. The van der Waals surface area contributed by atoms with E-state index in [1.165, 1.54) is 6.42 Å². The van der Waals surface area contributed by atoms with Crippen LogP contribution in [0.5, 0.6) is 5.75 Å². The molecular formula is C15H23NO3S. The lowest BCUT2D eigenvalue weighted by Gasteiger charge is -2.34. The van der Waals surface area contributed by atoms with Crippen LogP contribution in [-0.4, -0.2) is 21.6 Å². The van der Waals surface area contributed by atoms with Crippen molar-refractivity contribution < 1.29 is 13.2 Å². The highest BCUT2D eigenvalue weighted by Crippen LogP contribution is 2.30. The van der Waals surface area contributed by atoms with Crippen LogP contribution in [0.15, 0.2) is 29.2 Å². The Morgan fingerprint density at radius 1 is 1.15 bits per heavy atom. The predicted octanol–water partition coefficient (Wildman–Crippen LogP) is 2.80. The van der Waals surface area contributed by atoms with Crippen molar-refractivity contribution in [3.05, 3.63) is 24.3 Å². The number of ether oxygens (including phenoxy) is 1. The molecule has 0 aromatic heterocycles. The number of hydrogen-bond acceptors (Lipinski definition) is 3. The van der Waals surface area contributed by atoms with Gasteiger partial charge in [-0.2, -0.15) is 0 Å². The average molecular weight is 297 g/mol. The Kier molecular flexibility index (Phi) is 4.70. The zero-order valence-corrected chi connectivity index (χ0v) is 13.1. The molecular weight excluding hydrogens is 274 g/mol. The lowest BCUT2D eigenvalue weighted by atomic mass is 9.78. The largest absolute Gasteiger partial charge is 0.497 e. The van der Waals surface area contributed by atoms with Crippen molar-refractivity contribution in [3.8, 4) is 5.75 Å². The summed E-state index contributed by atoms with van der Waals surface area (Å²) in [5.74, 6) is 1.59. The van der Waals surface area contributed by atoms with Gasteiger partial charge in [0.15, 0.2) is 0 Å². The molecule has 1 saturated carbocycles. The third-order valence-corrected chi connectivity index (χ3v) is 5.89. The normalized spacial score (nSPS) is 27.2. The molecule has 1 fully saturated rings. The van der Waals surface area contributed by atoms with Crippen molar-refractivity contribution in [1.29, 1.82) is 0 Å². The molecule has 1 aliphatic rings. The van der Waals surface area contributed by atoms with Crippen molar-refractivity contribution in [1.82, 2.24) is 4.72 Å². The van der Waals surface area contributed by atoms with Gasteiger partial charge in [-0.25, -0.2) is 13.1 Å². The average Bonchev–Trinajstić information content (AvgIpc) is 2.44. The predicted molar refractivity (Wildman–Crippen MR) is 79.3 cm³/mol. The topological polar surface area (TPSA) is 55.4 Å². The van der Waals surface area contributed by atoms with Crippen LogP contribution >= 0.6 is 0 Å². The van der Waals surface area contributed by atoms with Gasteiger partial charge in [0, 0.05) is 6.04 Å². The minimum absolute atomic E-state index is 0.0332. The van der Waals surface area contributed by atoms with Gasteiger partial charge in [0.2, 0.25) is 10.0 Å². The first kappa shape index (κ1) is 15.3. The second-order valence-electron chi connectivity index (χ2n) is 5.67. The van der Waals surface area contributed by atoms with E-state index in [2.05, 4.69) is 18.6 Å². The van der Waals surface area contributed by atoms with Gasteiger partial charge in [-0.05, 0) is 42.5 Å². The molecule has 112 valence electrons. The first-order valence-electron chi connectivity index (χ1n) is 7.10. The molecule has 1 N–H and O–H groups in total. The smallest absolute Gasteiger partial charge is 0.240 e. The quantitative estimate of drug-likeness (QED) is 0.929. The van der Waals surface area contributed by atoms with Crippen molar-refractivity contribution in [3.63, 3.8) is 0 Å². The van der Waals surface area contributed by atoms with Crippen LogP contribution in [0.3, 0.4) is 0 Å². The van der Waals surface area contributed by atoms with Gasteiger partial charge in [-0.1, -0.05) is 26.7 Å². The van der Waals surface area contributed by atoms with Crippen LogP contribution in [0, 0.1) is 11.8 Å². The summed E-state index contributed by atoms with van der Waals surface area (Å²) >= 11 is 0. The van der Waals surface area contributed by atoms with Crippen molar-refractivity contribution >= 4 is 10.0 Å². The number of benzene rings is 1. The van der Waals surface area contributed by atoms with E-state index in [4.69, 9.17) is 4.74 Å². The van der Waals surface area contributed by atoms with Crippen molar-refractivity contribution in [2.45, 2.75) is 44.0 Å². The van der Waals surface area contributed by atoms with Gasteiger partial charge in [-0.15, -0.1) is 0 Å². The van der Waals surface area contributed by atoms with Crippen LogP contribution in [0.4, 0.5) is 0 Å². The Hall–Kier alpha value is -1.07. The van der Waals surface area contributed by atoms with Gasteiger partial charge >= 0.3 is 0 Å². The SMILES string of the molecule is COc1ccc(S(=O)(=O)N[C@H]2CCC[C@H](C)[C@@H]2C)cc1. The Balaban J connectivity index is 2.13. The number of methoxy groups -OCH3 is 1. The number of hydrogen-bond donors (Lipinski definition) is 1. The molecule has 3 atom stereocenters. The lowest BCUT2D eigenvalue weighted by molar-refractivity contribution is 0.227. The molecule has 1 aliphatic carbocycles. The maximum atomic E-state index is 12.4. The molecule has 0 bridgehead atoms. The van der Waals surface area contributed by atoms with Gasteiger partial charge < -0.3 is 4.74 Å². The highest BCUT2D eigenvalue weighted by Gasteiger charge is 2.30. The third kappa shape index (κ3) is 3.33. The molecule has 1 aromatic rings. The van der Waals surface area contributed by atoms with E-state index in [9.17, 15) is 8.42 Å².